The van der Waals surface area contributed by atoms with Crippen LogP contribution in [0.25, 0.3) is 0 Å². The van der Waals surface area contributed by atoms with Crippen LogP contribution < -0.4 is 0 Å². The second-order valence-corrected chi connectivity index (χ2v) is 15.9. The molecule has 1 unspecified atom stereocenters. The first-order valence-electron chi connectivity index (χ1n) is 23.3. The Kier molecular flexibility index (Phi) is 42.5. The van der Waals surface area contributed by atoms with Gasteiger partial charge in [-0.1, -0.05) is 205 Å². The van der Waals surface area contributed by atoms with E-state index in [0.717, 1.165) is 77.0 Å². The lowest BCUT2D eigenvalue weighted by Crippen LogP contribution is -2.18. The predicted octanol–water partition coefficient (Wildman–Crippen LogP) is 16.3. The molecule has 0 aromatic heterocycles. The first-order valence-corrected chi connectivity index (χ1v) is 23.3. The van der Waals surface area contributed by atoms with E-state index in [2.05, 4.69) is 38.2 Å². The van der Waals surface area contributed by atoms with E-state index in [1.165, 1.54) is 161 Å². The fraction of sp³-hybridized carbons (Fsp3) is 0.875. The van der Waals surface area contributed by atoms with E-state index in [1.54, 1.807) is 0 Å². The van der Waals surface area contributed by atoms with E-state index < -0.39 is 5.97 Å². The van der Waals surface area contributed by atoms with Gasteiger partial charge in [0.1, 0.15) is 6.10 Å². The molecule has 0 aliphatic rings. The van der Waals surface area contributed by atoms with Gasteiger partial charge >= 0.3 is 11.9 Å². The summed E-state index contributed by atoms with van der Waals surface area (Å²) in [6.45, 7) is 4.56. The Morgan fingerprint density at radius 3 is 1.15 bits per heavy atom. The van der Waals surface area contributed by atoms with Crippen molar-refractivity contribution in [2.75, 3.05) is 0 Å². The molecule has 0 aliphatic heterocycles. The molecule has 0 bridgehead atoms. The van der Waals surface area contributed by atoms with Crippen LogP contribution in [0.5, 0.6) is 0 Å². The zero-order valence-corrected chi connectivity index (χ0v) is 35.1. The van der Waals surface area contributed by atoms with Gasteiger partial charge in [-0.05, 0) is 70.6 Å². The van der Waals surface area contributed by atoms with Crippen molar-refractivity contribution in [3.8, 4) is 0 Å². The summed E-state index contributed by atoms with van der Waals surface area (Å²) in [5.74, 6) is -0.705. The van der Waals surface area contributed by atoms with Crippen molar-refractivity contribution in [1.82, 2.24) is 0 Å². The number of esters is 1. The summed E-state index contributed by atoms with van der Waals surface area (Å²) in [6.07, 6.45) is 56.4. The SMILES string of the molecule is CCCCCCC/C=C\C/C=C\CCCCCC(CCCCCCCC(=O)O)OC(=O)CCCCCCCCCCCCCCCCCCCCC. The monoisotopic (exact) mass is 731 g/mol. The lowest BCUT2D eigenvalue weighted by Gasteiger charge is -2.18. The first kappa shape index (κ1) is 50.4. The maximum atomic E-state index is 12.7. The molecule has 0 fully saturated rings. The highest BCUT2D eigenvalue weighted by Gasteiger charge is 2.14. The van der Waals surface area contributed by atoms with Crippen molar-refractivity contribution in [2.45, 2.75) is 270 Å². The van der Waals surface area contributed by atoms with Gasteiger partial charge in [0.15, 0.2) is 0 Å². The minimum absolute atomic E-state index is 0.00428. The molecule has 306 valence electrons. The quantitative estimate of drug-likeness (QED) is 0.0385. The fourth-order valence-corrected chi connectivity index (χ4v) is 7.22. The average Bonchev–Trinajstić information content (AvgIpc) is 3.13. The highest BCUT2D eigenvalue weighted by atomic mass is 16.5. The Hall–Kier alpha value is -1.58. The number of carboxylic acids is 1. The van der Waals surface area contributed by atoms with E-state index >= 15 is 0 Å². The molecule has 52 heavy (non-hydrogen) atoms. The summed E-state index contributed by atoms with van der Waals surface area (Å²) in [7, 11) is 0. The van der Waals surface area contributed by atoms with Crippen molar-refractivity contribution >= 4 is 11.9 Å². The van der Waals surface area contributed by atoms with Gasteiger partial charge in [0.25, 0.3) is 0 Å². The van der Waals surface area contributed by atoms with E-state index in [4.69, 9.17) is 9.84 Å². The van der Waals surface area contributed by atoms with Gasteiger partial charge in [0, 0.05) is 12.8 Å². The molecule has 0 amide bonds. The van der Waals surface area contributed by atoms with Crippen LogP contribution in [0.1, 0.15) is 264 Å². The summed E-state index contributed by atoms with van der Waals surface area (Å²) in [6, 6.07) is 0. The second-order valence-electron chi connectivity index (χ2n) is 15.9. The minimum atomic E-state index is -0.701. The summed E-state index contributed by atoms with van der Waals surface area (Å²) in [4.78, 5) is 23.5. The van der Waals surface area contributed by atoms with Gasteiger partial charge < -0.3 is 9.84 Å². The number of ether oxygens (including phenoxy) is 1. The molecule has 0 rings (SSSR count). The molecule has 1 atom stereocenters. The van der Waals surface area contributed by atoms with Crippen LogP contribution in [0.15, 0.2) is 24.3 Å². The lowest BCUT2D eigenvalue weighted by atomic mass is 10.0. The molecule has 0 aliphatic carbocycles. The van der Waals surface area contributed by atoms with Crippen LogP contribution in [-0.2, 0) is 14.3 Å². The number of carbonyl (C=O) groups excluding carboxylic acids is 1. The van der Waals surface area contributed by atoms with Gasteiger partial charge in [-0.3, -0.25) is 9.59 Å². The Bertz CT molecular complexity index is 787. The first-order chi connectivity index (χ1) is 25.6. The summed E-state index contributed by atoms with van der Waals surface area (Å²) in [5.41, 5.74) is 0. The van der Waals surface area contributed by atoms with E-state index in [1.807, 2.05) is 0 Å². The van der Waals surface area contributed by atoms with Crippen LogP contribution in [0.3, 0.4) is 0 Å². The predicted molar refractivity (Wildman–Crippen MR) is 227 cm³/mol. The van der Waals surface area contributed by atoms with Gasteiger partial charge in [-0.2, -0.15) is 0 Å². The molecular weight excluding hydrogens is 641 g/mol. The normalized spacial score (nSPS) is 12.3. The van der Waals surface area contributed by atoms with Gasteiger partial charge in [0.05, 0.1) is 0 Å². The number of carbonyl (C=O) groups is 2. The van der Waals surface area contributed by atoms with E-state index in [9.17, 15) is 9.59 Å². The lowest BCUT2D eigenvalue weighted by molar-refractivity contribution is -0.150. The van der Waals surface area contributed by atoms with Gasteiger partial charge in [0.2, 0.25) is 0 Å². The zero-order chi connectivity index (χ0) is 37.8. The summed E-state index contributed by atoms with van der Waals surface area (Å²) >= 11 is 0. The largest absolute Gasteiger partial charge is 0.481 e. The molecule has 0 saturated carbocycles. The van der Waals surface area contributed by atoms with Crippen LogP contribution in [-0.4, -0.2) is 23.1 Å². The number of hydrogen-bond donors (Lipinski definition) is 1. The number of aliphatic carboxylic acids is 1. The van der Waals surface area contributed by atoms with Crippen LogP contribution in [0.2, 0.25) is 0 Å². The number of rotatable bonds is 43. The van der Waals surface area contributed by atoms with Gasteiger partial charge in [-0.25, -0.2) is 0 Å². The summed E-state index contributed by atoms with van der Waals surface area (Å²) < 4.78 is 6.03. The van der Waals surface area contributed by atoms with E-state index in [0.29, 0.717) is 6.42 Å². The molecule has 0 saturated heterocycles. The highest BCUT2D eigenvalue weighted by Crippen LogP contribution is 2.19. The molecule has 0 radical (unpaired) electrons. The summed E-state index contributed by atoms with van der Waals surface area (Å²) in [5, 5.41) is 8.85. The highest BCUT2D eigenvalue weighted by molar-refractivity contribution is 5.69. The third kappa shape index (κ3) is 42.8. The number of hydrogen-bond acceptors (Lipinski definition) is 3. The average molecular weight is 731 g/mol. The fourth-order valence-electron chi connectivity index (χ4n) is 7.22. The zero-order valence-electron chi connectivity index (χ0n) is 35.1. The van der Waals surface area contributed by atoms with Crippen LogP contribution in [0, 0.1) is 0 Å². The molecule has 4 heteroatoms. The van der Waals surface area contributed by atoms with Crippen molar-refractivity contribution in [3.05, 3.63) is 24.3 Å². The number of unbranched alkanes of at least 4 members (excludes halogenated alkanes) is 30. The Morgan fingerprint density at radius 1 is 0.423 bits per heavy atom. The second kappa shape index (κ2) is 43.8. The molecule has 1 N–H and O–H groups in total. The number of carboxylic acid groups (broad SMARTS) is 1. The standard InChI is InChI=1S/C48H90O4/c1-3-5-7-9-11-13-15-17-19-20-21-22-24-26-28-30-32-37-41-45-48(51)52-46(43-39-35-33-36-40-44-47(49)50)42-38-34-31-29-27-25-23-18-16-14-12-10-8-6-4-2/h16,18,25,27,46H,3-15,17,19-24,26,28-45H2,1-2H3,(H,49,50)/b18-16-,27-25-. The van der Waals surface area contributed by atoms with Crippen LogP contribution in [0.4, 0.5) is 0 Å². The van der Waals surface area contributed by atoms with Crippen LogP contribution >= 0.6 is 0 Å². The maximum absolute atomic E-state index is 12.7. The molecule has 0 aromatic rings. The van der Waals surface area contributed by atoms with Crippen molar-refractivity contribution in [3.63, 3.8) is 0 Å². The minimum Gasteiger partial charge on any atom is -0.481 e. The van der Waals surface area contributed by atoms with Crippen molar-refractivity contribution < 1.29 is 19.4 Å². The maximum Gasteiger partial charge on any atom is 0.306 e. The molecule has 0 spiro atoms. The third-order valence-corrected chi connectivity index (χ3v) is 10.7. The van der Waals surface area contributed by atoms with E-state index in [-0.39, 0.29) is 18.5 Å². The number of allylic oxidation sites excluding steroid dienone is 4. The molecular formula is C48H90O4. The topological polar surface area (TPSA) is 63.6 Å². The molecule has 0 aromatic carbocycles. The third-order valence-electron chi connectivity index (χ3n) is 10.7. The smallest absolute Gasteiger partial charge is 0.306 e. The van der Waals surface area contributed by atoms with Crippen molar-refractivity contribution in [1.29, 1.82) is 0 Å². The Balaban J connectivity index is 3.98. The Morgan fingerprint density at radius 2 is 0.750 bits per heavy atom. The molecule has 0 heterocycles. The van der Waals surface area contributed by atoms with Crippen molar-refractivity contribution in [2.24, 2.45) is 0 Å². The van der Waals surface area contributed by atoms with Gasteiger partial charge in [-0.15, -0.1) is 0 Å². The molecule has 4 nitrogen and oxygen atoms in total. The Labute approximate surface area is 325 Å².